The molecule has 0 saturated heterocycles. The van der Waals surface area contributed by atoms with E-state index >= 15 is 0 Å². The van der Waals surface area contributed by atoms with Gasteiger partial charge < -0.3 is 15.3 Å². The Morgan fingerprint density at radius 2 is 1.32 bits per heavy atom. The second-order valence-electron chi connectivity index (χ2n) is 6.87. The van der Waals surface area contributed by atoms with E-state index < -0.39 is 0 Å². The lowest BCUT2D eigenvalue weighted by Gasteiger charge is -2.07. The second kappa shape index (κ2) is 10.8. The molecule has 0 aliphatic heterocycles. The average molecular weight is 344 g/mol. The molecule has 0 unspecified atom stereocenters. The van der Waals surface area contributed by atoms with E-state index in [-0.39, 0.29) is 18.1 Å². The van der Waals surface area contributed by atoms with E-state index in [9.17, 15) is 10.2 Å². The van der Waals surface area contributed by atoms with Crippen LogP contribution < -0.4 is 0 Å². The molecule has 0 radical (unpaired) electrons. The van der Waals surface area contributed by atoms with Gasteiger partial charge in [-0.1, -0.05) is 34.9 Å². The van der Waals surface area contributed by atoms with Crippen LogP contribution in [0.4, 0.5) is 0 Å². The second-order valence-corrected chi connectivity index (χ2v) is 6.87. The number of aromatic hydroxyl groups is 2. The number of aliphatic hydroxyl groups is 1. The Bertz CT molecular complexity index is 628. The van der Waals surface area contributed by atoms with Crippen molar-refractivity contribution in [1.82, 2.24) is 0 Å². The van der Waals surface area contributed by atoms with Crippen LogP contribution in [0.5, 0.6) is 11.5 Å². The highest BCUT2D eigenvalue weighted by atomic mass is 16.3. The zero-order valence-corrected chi connectivity index (χ0v) is 16.0. The molecule has 1 rings (SSSR count). The van der Waals surface area contributed by atoms with E-state index in [2.05, 4.69) is 32.1 Å². The maximum atomic E-state index is 9.95. The predicted octanol–water partition coefficient (Wildman–Crippen LogP) is 5.34. The first-order valence-electron chi connectivity index (χ1n) is 8.92. The highest BCUT2D eigenvalue weighted by Crippen LogP contribution is 2.29. The minimum atomic E-state index is 0.138. The number of hydrogen-bond acceptors (Lipinski definition) is 3. The Balaban J connectivity index is 2.47. The van der Waals surface area contributed by atoms with Crippen molar-refractivity contribution < 1.29 is 15.3 Å². The molecule has 3 N–H and O–H groups in total. The van der Waals surface area contributed by atoms with Crippen LogP contribution in [0.3, 0.4) is 0 Å². The van der Waals surface area contributed by atoms with Crippen molar-refractivity contribution >= 4 is 0 Å². The van der Waals surface area contributed by atoms with Crippen molar-refractivity contribution in [3.63, 3.8) is 0 Å². The zero-order valence-electron chi connectivity index (χ0n) is 16.0. The molecule has 0 fully saturated rings. The van der Waals surface area contributed by atoms with Crippen LogP contribution >= 0.6 is 0 Å². The summed E-state index contributed by atoms with van der Waals surface area (Å²) in [4.78, 5) is 0. The van der Waals surface area contributed by atoms with Gasteiger partial charge in [0.2, 0.25) is 0 Å². The lowest BCUT2D eigenvalue weighted by atomic mass is 10.0. The number of phenols is 2. The molecule has 1 aromatic rings. The minimum absolute atomic E-state index is 0.138. The SMILES string of the molecule is C/C(=C\CC/C(C)=C/CC/C(C)=C/Cc1c(O)cc(C)cc1O)CO. The fourth-order valence-corrected chi connectivity index (χ4v) is 2.63. The Morgan fingerprint density at radius 3 is 1.84 bits per heavy atom. The normalized spacial score (nSPS) is 13.4. The molecule has 0 amide bonds. The summed E-state index contributed by atoms with van der Waals surface area (Å²) in [7, 11) is 0. The molecule has 0 aliphatic carbocycles. The summed E-state index contributed by atoms with van der Waals surface area (Å²) in [6.45, 7) is 8.15. The van der Waals surface area contributed by atoms with E-state index in [0.717, 1.165) is 36.8 Å². The first kappa shape index (κ1) is 21.0. The monoisotopic (exact) mass is 344 g/mol. The van der Waals surface area contributed by atoms with Gasteiger partial charge in [0, 0.05) is 5.56 Å². The van der Waals surface area contributed by atoms with Crippen molar-refractivity contribution in [2.75, 3.05) is 6.61 Å². The molecule has 0 heterocycles. The molecule has 0 atom stereocenters. The van der Waals surface area contributed by atoms with Gasteiger partial charge in [-0.05, 0) is 77.5 Å². The first-order chi connectivity index (χ1) is 11.8. The summed E-state index contributed by atoms with van der Waals surface area (Å²) in [6.07, 6.45) is 10.9. The summed E-state index contributed by atoms with van der Waals surface area (Å²) in [5.74, 6) is 0.312. The molecule has 25 heavy (non-hydrogen) atoms. The Morgan fingerprint density at radius 1 is 0.840 bits per heavy atom. The number of aryl methyl sites for hydroxylation is 1. The molecule has 0 aromatic heterocycles. The van der Waals surface area contributed by atoms with Crippen LogP contribution in [0.2, 0.25) is 0 Å². The zero-order chi connectivity index (χ0) is 18.8. The summed E-state index contributed by atoms with van der Waals surface area (Å²) in [5.41, 5.74) is 5.07. The highest BCUT2D eigenvalue weighted by molar-refractivity contribution is 5.47. The average Bonchev–Trinajstić information content (AvgIpc) is 2.53. The highest BCUT2D eigenvalue weighted by Gasteiger charge is 2.07. The third-order valence-corrected chi connectivity index (χ3v) is 4.31. The fraction of sp³-hybridized carbons (Fsp3) is 0.455. The summed E-state index contributed by atoms with van der Waals surface area (Å²) in [6, 6.07) is 3.36. The number of hydrogen-bond donors (Lipinski definition) is 3. The number of aliphatic hydroxyl groups excluding tert-OH is 1. The summed E-state index contributed by atoms with van der Waals surface area (Å²) >= 11 is 0. The van der Waals surface area contributed by atoms with Crippen LogP contribution in [0, 0.1) is 6.92 Å². The van der Waals surface area contributed by atoms with Gasteiger partial charge in [0.25, 0.3) is 0 Å². The largest absolute Gasteiger partial charge is 0.508 e. The topological polar surface area (TPSA) is 60.7 Å². The van der Waals surface area contributed by atoms with Gasteiger partial charge in [0.1, 0.15) is 11.5 Å². The van der Waals surface area contributed by atoms with Gasteiger partial charge in [0.05, 0.1) is 6.61 Å². The molecule has 3 nitrogen and oxygen atoms in total. The van der Waals surface area contributed by atoms with Crippen molar-refractivity contribution in [2.45, 2.75) is 59.8 Å². The molecule has 3 heteroatoms. The summed E-state index contributed by atoms with van der Waals surface area (Å²) < 4.78 is 0. The van der Waals surface area contributed by atoms with E-state index in [1.807, 2.05) is 13.8 Å². The third kappa shape index (κ3) is 8.08. The van der Waals surface area contributed by atoms with Crippen LogP contribution in [0.25, 0.3) is 0 Å². The van der Waals surface area contributed by atoms with Gasteiger partial charge in [-0.3, -0.25) is 0 Å². The van der Waals surface area contributed by atoms with Crippen molar-refractivity contribution in [2.24, 2.45) is 0 Å². The molecule has 0 saturated carbocycles. The number of allylic oxidation sites excluding steroid dienone is 5. The van der Waals surface area contributed by atoms with Gasteiger partial charge in [0.15, 0.2) is 0 Å². The van der Waals surface area contributed by atoms with Crippen LogP contribution in [-0.4, -0.2) is 21.9 Å². The molecule has 0 bridgehead atoms. The van der Waals surface area contributed by atoms with Gasteiger partial charge >= 0.3 is 0 Å². The maximum Gasteiger partial charge on any atom is 0.123 e. The minimum Gasteiger partial charge on any atom is -0.508 e. The predicted molar refractivity (Wildman–Crippen MR) is 105 cm³/mol. The quantitative estimate of drug-likeness (QED) is 0.530. The molecular weight excluding hydrogens is 312 g/mol. The smallest absolute Gasteiger partial charge is 0.123 e. The summed E-state index contributed by atoms with van der Waals surface area (Å²) in [5, 5.41) is 28.9. The Kier molecular flexibility index (Phi) is 9.07. The number of phenolic OH excluding ortho intramolecular Hbond substituents is 2. The van der Waals surface area contributed by atoms with Crippen LogP contribution in [0.15, 0.2) is 47.1 Å². The van der Waals surface area contributed by atoms with Crippen molar-refractivity contribution in [3.8, 4) is 11.5 Å². The third-order valence-electron chi connectivity index (χ3n) is 4.31. The lowest BCUT2D eigenvalue weighted by Crippen LogP contribution is -1.88. The Hall–Kier alpha value is -2.00. The van der Waals surface area contributed by atoms with E-state index in [1.165, 1.54) is 11.1 Å². The van der Waals surface area contributed by atoms with Crippen molar-refractivity contribution in [3.05, 3.63) is 58.2 Å². The van der Waals surface area contributed by atoms with E-state index in [4.69, 9.17) is 5.11 Å². The van der Waals surface area contributed by atoms with Gasteiger partial charge in [-0.2, -0.15) is 0 Å². The van der Waals surface area contributed by atoms with Crippen molar-refractivity contribution in [1.29, 1.82) is 0 Å². The van der Waals surface area contributed by atoms with E-state index in [1.54, 1.807) is 12.1 Å². The first-order valence-corrected chi connectivity index (χ1v) is 8.92. The number of benzene rings is 1. The molecular formula is C22H32O3. The fourth-order valence-electron chi connectivity index (χ4n) is 2.63. The van der Waals surface area contributed by atoms with Crippen LogP contribution in [0.1, 0.15) is 57.6 Å². The standard InChI is InChI=1S/C22H32O3/c1-16(8-6-10-18(3)15-23)7-5-9-17(2)11-12-20-21(24)13-19(4)14-22(20)25/h7,10-11,13-14,23-25H,5-6,8-9,12,15H2,1-4H3/b16-7+,17-11+,18-10+. The molecule has 1 aromatic carbocycles. The molecule has 0 aliphatic rings. The van der Waals surface area contributed by atoms with Gasteiger partial charge in [-0.25, -0.2) is 0 Å². The van der Waals surface area contributed by atoms with E-state index in [0.29, 0.717) is 12.0 Å². The molecule has 138 valence electrons. The van der Waals surface area contributed by atoms with Crippen LogP contribution in [-0.2, 0) is 6.42 Å². The molecule has 0 spiro atoms. The Labute approximate surface area is 152 Å². The number of rotatable bonds is 9. The van der Waals surface area contributed by atoms with Gasteiger partial charge in [-0.15, -0.1) is 0 Å². The lowest BCUT2D eigenvalue weighted by molar-refractivity contribution is 0.331. The maximum absolute atomic E-state index is 9.95.